The van der Waals surface area contributed by atoms with Gasteiger partial charge in [0.15, 0.2) is 0 Å². The first-order valence-corrected chi connectivity index (χ1v) is 3.05. The molecule has 4 nitrogen and oxygen atoms in total. The Morgan fingerprint density at radius 2 is 1.57 bits per heavy atom. The molecule has 0 saturated carbocycles. The Morgan fingerprint density at radius 1 is 1.21 bits per heavy atom. The van der Waals surface area contributed by atoms with Gasteiger partial charge in [-0.05, 0) is 0 Å². The molecule has 0 amide bonds. The van der Waals surface area contributed by atoms with Crippen LogP contribution in [0.4, 0.5) is 0 Å². The number of ether oxygens (including phenoxy) is 1. The van der Waals surface area contributed by atoms with Crippen molar-refractivity contribution >= 4 is 5.97 Å². The first kappa shape index (κ1) is 18.7. The molecule has 77 valence electrons. The summed E-state index contributed by atoms with van der Waals surface area (Å²) in [5.74, 6) is -0.278. The number of rotatable bonds is 1. The van der Waals surface area contributed by atoms with E-state index < -0.39 is 0 Å². The quantitative estimate of drug-likeness (QED) is 0.335. The summed E-state index contributed by atoms with van der Waals surface area (Å²) in [4.78, 5) is 10.7. The molecular formula is C9H7O4Rh-. The summed E-state index contributed by atoms with van der Waals surface area (Å²) < 4.78 is 19.5. The van der Waals surface area contributed by atoms with Crippen LogP contribution in [0.1, 0.15) is 10.4 Å². The number of carbonyl (C=O) groups is 1. The van der Waals surface area contributed by atoms with Gasteiger partial charge in [-0.15, -0.1) is 0 Å². The van der Waals surface area contributed by atoms with E-state index in [4.69, 9.17) is 9.30 Å². The zero-order valence-corrected chi connectivity index (χ0v) is 8.91. The van der Waals surface area contributed by atoms with Crippen molar-refractivity contribution in [2.75, 3.05) is 7.11 Å². The van der Waals surface area contributed by atoms with Gasteiger partial charge in [0, 0.05) is 19.5 Å². The first-order chi connectivity index (χ1) is 6.34. The summed E-state index contributed by atoms with van der Waals surface area (Å²) in [7, 11) is 1.37. The maximum atomic E-state index is 10.7. The number of carbonyl (C=O) groups excluding carboxylic acids is 1. The molecular weight excluding hydrogens is 275 g/mol. The summed E-state index contributed by atoms with van der Waals surface area (Å²) in [6.45, 7) is 9.00. The largest absolute Gasteiger partial charge is 0 e. The first-order valence-electron chi connectivity index (χ1n) is 3.05. The molecule has 0 aromatic heterocycles. The monoisotopic (exact) mass is 282 g/mol. The normalized spacial score (nSPS) is 6.07. The van der Waals surface area contributed by atoms with Crippen LogP contribution in [-0.2, 0) is 33.5 Å². The Bertz CT molecular complexity index is 255. The van der Waals surface area contributed by atoms with E-state index in [1.54, 1.807) is 24.3 Å². The third-order valence-electron chi connectivity index (χ3n) is 1.08. The van der Waals surface area contributed by atoms with Crippen LogP contribution in [0.2, 0.25) is 0 Å². The van der Waals surface area contributed by atoms with Crippen LogP contribution in [0.25, 0.3) is 0 Å². The van der Waals surface area contributed by atoms with Gasteiger partial charge >= 0.3 is 22.6 Å². The molecule has 1 aromatic carbocycles. The smallest absolute Gasteiger partial charge is 0 e. The van der Waals surface area contributed by atoms with Crippen molar-refractivity contribution in [3.8, 4) is 0 Å². The molecule has 0 aliphatic heterocycles. The van der Waals surface area contributed by atoms with E-state index in [2.05, 4.69) is 18.0 Å². The average molecular weight is 282 g/mol. The summed E-state index contributed by atoms with van der Waals surface area (Å²) in [6.07, 6.45) is 0. The third-order valence-corrected chi connectivity index (χ3v) is 1.08. The molecule has 0 unspecified atom stereocenters. The predicted molar refractivity (Wildman–Crippen MR) is 41.2 cm³/mol. The fourth-order valence-electron chi connectivity index (χ4n) is 0.628. The maximum absolute atomic E-state index is 10.7. The molecule has 0 spiro atoms. The van der Waals surface area contributed by atoms with Gasteiger partial charge in [0.1, 0.15) is 0 Å². The van der Waals surface area contributed by atoms with Crippen LogP contribution in [0.15, 0.2) is 24.3 Å². The fourth-order valence-corrected chi connectivity index (χ4v) is 0.628. The van der Waals surface area contributed by atoms with Crippen molar-refractivity contribution in [1.82, 2.24) is 0 Å². The Kier molecular flexibility index (Phi) is 19.3. The van der Waals surface area contributed by atoms with E-state index in [0.717, 1.165) is 0 Å². The van der Waals surface area contributed by atoms with Crippen molar-refractivity contribution in [3.05, 3.63) is 43.1 Å². The number of esters is 1. The van der Waals surface area contributed by atoms with Crippen LogP contribution < -0.4 is 0 Å². The van der Waals surface area contributed by atoms with Crippen molar-refractivity contribution in [3.63, 3.8) is 0 Å². The summed E-state index contributed by atoms with van der Waals surface area (Å²) in [6, 6.07) is 7.02. The summed E-state index contributed by atoms with van der Waals surface area (Å²) in [5.41, 5.74) is 0.609. The van der Waals surface area contributed by atoms with E-state index in [9.17, 15) is 4.79 Å². The number of hydrogen-bond donors (Lipinski definition) is 0. The molecule has 0 saturated heterocycles. The molecule has 0 aliphatic carbocycles. The van der Waals surface area contributed by atoms with E-state index in [1.807, 2.05) is 0 Å². The number of hydrogen-bond acceptors (Lipinski definition) is 2. The number of methoxy groups -OCH3 is 1. The Balaban J connectivity index is -0.000000216. The van der Waals surface area contributed by atoms with Gasteiger partial charge in [-0.3, -0.25) is 4.79 Å². The minimum atomic E-state index is -0.278. The second-order valence-corrected chi connectivity index (χ2v) is 1.67. The van der Waals surface area contributed by atoms with Crippen molar-refractivity contribution in [2.45, 2.75) is 0 Å². The Hall–Kier alpha value is -1.08. The van der Waals surface area contributed by atoms with Crippen molar-refractivity contribution in [2.24, 2.45) is 0 Å². The van der Waals surface area contributed by atoms with E-state index >= 15 is 0 Å². The summed E-state index contributed by atoms with van der Waals surface area (Å²) in [5, 5.41) is 0. The second kappa shape index (κ2) is 14.4. The molecule has 1 aromatic rings. The second-order valence-electron chi connectivity index (χ2n) is 1.67. The standard InChI is InChI=1S/C7H7O2.2CO.Rh/c1-9-7(8)6-4-2-3-5-6;2*1-2;/h2-5H,1H3;;;/q-1;;;. The minimum Gasteiger partial charge on any atom is 0 e. The Morgan fingerprint density at radius 3 is 1.86 bits per heavy atom. The molecule has 1 radical (unpaired) electrons. The van der Waals surface area contributed by atoms with Crippen LogP contribution in [-0.4, -0.2) is 13.1 Å². The van der Waals surface area contributed by atoms with E-state index in [0.29, 0.717) is 5.56 Å². The zero-order valence-electron chi connectivity index (χ0n) is 7.28. The maximum Gasteiger partial charge on any atom is 0 e. The van der Waals surface area contributed by atoms with E-state index in [1.165, 1.54) is 7.11 Å². The van der Waals surface area contributed by atoms with Gasteiger partial charge in [-0.25, -0.2) is 12.1 Å². The molecule has 0 bridgehead atoms. The Labute approximate surface area is 94.8 Å². The predicted octanol–water partition coefficient (Wildman–Crippen LogP) is 1.11. The average Bonchev–Trinajstić information content (AvgIpc) is 2.76. The molecule has 0 heterocycles. The van der Waals surface area contributed by atoms with Crippen LogP contribution >= 0.6 is 0 Å². The van der Waals surface area contributed by atoms with Gasteiger partial charge in [0.25, 0.3) is 5.97 Å². The molecule has 0 aliphatic rings. The van der Waals surface area contributed by atoms with Gasteiger partial charge in [0.05, 0.1) is 7.11 Å². The van der Waals surface area contributed by atoms with Crippen LogP contribution in [0.5, 0.6) is 0 Å². The van der Waals surface area contributed by atoms with Gasteiger partial charge < -0.3 is 4.74 Å². The van der Waals surface area contributed by atoms with E-state index in [-0.39, 0.29) is 25.4 Å². The topological polar surface area (TPSA) is 66.1 Å². The fraction of sp³-hybridized carbons (Fsp3) is 0.111. The summed E-state index contributed by atoms with van der Waals surface area (Å²) >= 11 is 0. The molecule has 0 N–H and O–H groups in total. The van der Waals surface area contributed by atoms with Gasteiger partial charge in [-0.1, -0.05) is 5.56 Å². The minimum absolute atomic E-state index is 0. The van der Waals surface area contributed by atoms with Crippen LogP contribution in [0.3, 0.4) is 0 Å². The van der Waals surface area contributed by atoms with Gasteiger partial charge in [-0.2, -0.15) is 12.1 Å². The molecule has 14 heavy (non-hydrogen) atoms. The molecule has 5 heteroatoms. The van der Waals surface area contributed by atoms with Crippen molar-refractivity contribution < 1.29 is 38.3 Å². The molecule has 1 rings (SSSR count). The zero-order chi connectivity index (χ0) is 10.7. The van der Waals surface area contributed by atoms with Crippen LogP contribution in [0, 0.1) is 13.3 Å². The molecule has 0 atom stereocenters. The molecule has 0 fully saturated rings. The SMILES string of the molecule is COC(=O)[c-]1cccc1.[C-]#[O+].[C-]#[O+].[Rh]. The van der Waals surface area contributed by atoms with Crippen molar-refractivity contribution in [1.29, 1.82) is 0 Å². The van der Waals surface area contributed by atoms with Gasteiger partial charge in [0.2, 0.25) is 0 Å². The third kappa shape index (κ3) is 7.57.